The third-order valence-corrected chi connectivity index (χ3v) is 5.89. The Morgan fingerprint density at radius 1 is 0.759 bits per heavy atom. The molecule has 1 amide bonds. The smallest absolute Gasteiger partial charge is 0.228 e. The molecule has 3 aromatic rings. The van der Waals surface area contributed by atoms with E-state index in [0.29, 0.717) is 6.42 Å². The zero-order valence-electron chi connectivity index (χ0n) is 16.3. The van der Waals surface area contributed by atoms with Crippen LogP contribution in [0, 0.1) is 0 Å². The van der Waals surface area contributed by atoms with Crippen LogP contribution in [0.1, 0.15) is 35.6 Å². The van der Waals surface area contributed by atoms with Gasteiger partial charge in [-0.05, 0) is 41.7 Å². The highest BCUT2D eigenvalue weighted by atomic mass is 16.2. The summed E-state index contributed by atoms with van der Waals surface area (Å²) in [5, 5.41) is 0. The van der Waals surface area contributed by atoms with Gasteiger partial charge in [0.1, 0.15) is 6.17 Å². The lowest BCUT2D eigenvalue weighted by atomic mass is 9.95. The lowest BCUT2D eigenvalue weighted by Crippen LogP contribution is -2.54. The Labute approximate surface area is 171 Å². The van der Waals surface area contributed by atoms with Crippen molar-refractivity contribution in [1.29, 1.82) is 0 Å². The minimum Gasteiger partial charge on any atom is -0.343 e. The number of hydrogen-bond acceptors (Lipinski definition) is 2. The highest BCUT2D eigenvalue weighted by Gasteiger charge is 2.38. The number of nitrogens with zero attached hydrogens (tertiary/aromatic N) is 2. The van der Waals surface area contributed by atoms with E-state index in [-0.39, 0.29) is 18.1 Å². The summed E-state index contributed by atoms with van der Waals surface area (Å²) < 4.78 is 0. The summed E-state index contributed by atoms with van der Waals surface area (Å²) >= 11 is 0. The van der Waals surface area contributed by atoms with Gasteiger partial charge in [-0.3, -0.25) is 9.69 Å². The Bertz CT molecular complexity index is 989. The van der Waals surface area contributed by atoms with E-state index in [4.69, 9.17) is 0 Å². The van der Waals surface area contributed by atoms with Crippen molar-refractivity contribution in [2.24, 2.45) is 0 Å². The van der Waals surface area contributed by atoms with Gasteiger partial charge in [-0.25, -0.2) is 0 Å². The maximum Gasteiger partial charge on any atom is 0.228 e. The number of aryl methyl sites for hydroxylation is 1. The van der Waals surface area contributed by atoms with Crippen molar-refractivity contribution in [1.82, 2.24) is 4.90 Å². The average molecular weight is 380 g/mol. The van der Waals surface area contributed by atoms with Crippen molar-refractivity contribution >= 4 is 11.6 Å². The monoisotopic (exact) mass is 380 g/mol. The van der Waals surface area contributed by atoms with Gasteiger partial charge in [0.2, 0.25) is 5.91 Å². The second kappa shape index (κ2) is 7.59. The predicted molar refractivity (Wildman–Crippen MR) is 116 cm³/mol. The first-order valence-corrected chi connectivity index (χ1v) is 10.3. The van der Waals surface area contributed by atoms with Crippen molar-refractivity contribution in [3.8, 4) is 0 Å². The number of amides is 1. The summed E-state index contributed by atoms with van der Waals surface area (Å²) in [5.41, 5.74) is 4.76. The van der Waals surface area contributed by atoms with Crippen LogP contribution in [-0.2, 0) is 11.2 Å². The third-order valence-electron chi connectivity index (χ3n) is 5.89. The summed E-state index contributed by atoms with van der Waals surface area (Å²) in [4.78, 5) is 17.4. The predicted octanol–water partition coefficient (Wildman–Crippen LogP) is 5.30. The molecule has 1 unspecified atom stereocenters. The molecule has 0 aliphatic carbocycles. The first-order chi connectivity index (χ1) is 14.3. The normalized spacial score (nSPS) is 18.4. The van der Waals surface area contributed by atoms with Crippen LogP contribution in [0.2, 0.25) is 0 Å². The summed E-state index contributed by atoms with van der Waals surface area (Å²) in [5.74, 6) is 0.203. The minimum absolute atomic E-state index is 0.0654. The highest BCUT2D eigenvalue weighted by molar-refractivity contribution is 5.96. The molecule has 2 aliphatic rings. The summed E-state index contributed by atoms with van der Waals surface area (Å²) in [6, 6.07) is 29.5. The Morgan fingerprint density at radius 3 is 2.00 bits per heavy atom. The molecule has 29 heavy (non-hydrogen) atoms. The number of para-hydroxylation sites is 1. The van der Waals surface area contributed by atoms with E-state index in [9.17, 15) is 4.79 Å². The molecule has 0 fully saturated rings. The first kappa shape index (κ1) is 17.7. The van der Waals surface area contributed by atoms with E-state index < -0.39 is 0 Å². The lowest BCUT2D eigenvalue weighted by Gasteiger charge is -2.47. The van der Waals surface area contributed by atoms with Crippen LogP contribution in [0.25, 0.3) is 0 Å². The highest BCUT2D eigenvalue weighted by Crippen LogP contribution is 2.39. The van der Waals surface area contributed by atoms with Crippen LogP contribution in [0.5, 0.6) is 0 Å². The molecular formula is C26H24N2O. The van der Waals surface area contributed by atoms with Crippen LogP contribution in [0.3, 0.4) is 0 Å². The molecule has 144 valence electrons. The second-order valence-electron chi connectivity index (χ2n) is 7.67. The zero-order valence-corrected chi connectivity index (χ0v) is 16.3. The number of carbonyl (C=O) groups is 1. The molecule has 3 aromatic carbocycles. The van der Waals surface area contributed by atoms with Gasteiger partial charge >= 0.3 is 0 Å². The van der Waals surface area contributed by atoms with Gasteiger partial charge < -0.3 is 4.90 Å². The molecular weight excluding hydrogens is 356 g/mol. The Kier molecular flexibility index (Phi) is 4.65. The van der Waals surface area contributed by atoms with Crippen molar-refractivity contribution in [3.05, 3.63) is 114 Å². The number of carbonyl (C=O) groups excluding carboxylic acids is 1. The van der Waals surface area contributed by atoms with E-state index in [2.05, 4.69) is 83.9 Å². The van der Waals surface area contributed by atoms with Gasteiger partial charge in [-0.15, -0.1) is 0 Å². The summed E-state index contributed by atoms with van der Waals surface area (Å²) in [6.45, 7) is 0. The minimum atomic E-state index is -0.0767. The van der Waals surface area contributed by atoms with Crippen molar-refractivity contribution in [3.63, 3.8) is 0 Å². The van der Waals surface area contributed by atoms with E-state index in [0.717, 1.165) is 18.5 Å². The average Bonchev–Trinajstić information content (AvgIpc) is 2.91. The molecule has 1 atom stereocenters. The molecule has 3 heteroatoms. The van der Waals surface area contributed by atoms with Gasteiger partial charge in [-0.2, -0.15) is 0 Å². The summed E-state index contributed by atoms with van der Waals surface area (Å²) in [7, 11) is 0. The Morgan fingerprint density at radius 2 is 1.38 bits per heavy atom. The van der Waals surface area contributed by atoms with Crippen LogP contribution in [0.4, 0.5) is 5.69 Å². The summed E-state index contributed by atoms with van der Waals surface area (Å²) in [6.07, 6.45) is 6.63. The SMILES string of the molecule is O=C1CCCc2ccccc2N1C1C=CN1C(c1ccccc1)c1ccccc1. The molecule has 0 spiro atoms. The molecule has 0 bridgehead atoms. The fourth-order valence-electron chi connectivity index (χ4n) is 4.46. The van der Waals surface area contributed by atoms with Gasteiger partial charge in [-0.1, -0.05) is 78.9 Å². The third kappa shape index (κ3) is 3.23. The maximum absolute atomic E-state index is 13.1. The fourth-order valence-corrected chi connectivity index (χ4v) is 4.46. The van der Waals surface area contributed by atoms with Crippen LogP contribution >= 0.6 is 0 Å². The van der Waals surface area contributed by atoms with E-state index in [1.165, 1.54) is 16.7 Å². The first-order valence-electron chi connectivity index (χ1n) is 10.3. The maximum atomic E-state index is 13.1. The molecule has 5 rings (SSSR count). The van der Waals surface area contributed by atoms with Crippen molar-refractivity contribution < 1.29 is 4.79 Å². The fraction of sp³-hybridized carbons (Fsp3) is 0.192. The van der Waals surface area contributed by atoms with Crippen LogP contribution in [0.15, 0.2) is 97.2 Å². The lowest BCUT2D eigenvalue weighted by molar-refractivity contribution is -0.119. The van der Waals surface area contributed by atoms with Crippen LogP contribution in [-0.4, -0.2) is 17.0 Å². The molecule has 0 aromatic heterocycles. The molecule has 0 saturated heterocycles. The number of benzene rings is 3. The quantitative estimate of drug-likeness (QED) is 0.613. The molecule has 2 aliphatic heterocycles. The van der Waals surface area contributed by atoms with Crippen molar-refractivity contribution in [2.75, 3.05) is 4.90 Å². The Balaban J connectivity index is 1.56. The topological polar surface area (TPSA) is 23.6 Å². The molecule has 0 N–H and O–H groups in total. The molecule has 2 heterocycles. The molecule has 0 radical (unpaired) electrons. The molecule has 0 saturated carbocycles. The van der Waals surface area contributed by atoms with Gasteiger partial charge in [0.25, 0.3) is 0 Å². The van der Waals surface area contributed by atoms with E-state index >= 15 is 0 Å². The standard InChI is InChI=1S/C26H24N2O/c29-25-17-9-15-20-10-7-8-16-23(20)28(25)24-18-19-27(24)26(21-11-3-1-4-12-21)22-13-5-2-6-14-22/h1-8,10-14,16,18-19,24,26H,9,15,17H2. The van der Waals surface area contributed by atoms with Gasteiger partial charge in [0.05, 0.1) is 6.04 Å². The van der Waals surface area contributed by atoms with Gasteiger partial charge in [0, 0.05) is 18.3 Å². The number of fused-ring (bicyclic) bond motifs is 1. The number of anilines is 1. The number of hydrogen-bond donors (Lipinski definition) is 0. The van der Waals surface area contributed by atoms with E-state index in [1.54, 1.807) is 0 Å². The Hall–Kier alpha value is -3.33. The largest absolute Gasteiger partial charge is 0.343 e. The van der Waals surface area contributed by atoms with E-state index in [1.807, 2.05) is 23.1 Å². The van der Waals surface area contributed by atoms with Crippen molar-refractivity contribution in [2.45, 2.75) is 31.5 Å². The second-order valence-corrected chi connectivity index (χ2v) is 7.67. The number of rotatable bonds is 4. The van der Waals surface area contributed by atoms with Crippen LogP contribution < -0.4 is 4.90 Å². The zero-order chi connectivity index (χ0) is 19.6. The molecule has 3 nitrogen and oxygen atoms in total. The van der Waals surface area contributed by atoms with Gasteiger partial charge in [0.15, 0.2) is 0 Å².